The lowest BCUT2D eigenvalue weighted by atomic mass is 9.76. The summed E-state index contributed by atoms with van der Waals surface area (Å²) in [4.78, 5) is 0. The predicted octanol–water partition coefficient (Wildman–Crippen LogP) is 5.98. The van der Waals surface area contributed by atoms with Gasteiger partial charge in [-0.2, -0.15) is 0 Å². The maximum absolute atomic E-state index is 6.09. The lowest BCUT2D eigenvalue weighted by Crippen LogP contribution is -2.20. The van der Waals surface area contributed by atoms with Gasteiger partial charge in [-0.05, 0) is 36.0 Å². The van der Waals surface area contributed by atoms with Gasteiger partial charge in [0, 0.05) is 5.02 Å². The van der Waals surface area contributed by atoms with Crippen molar-refractivity contribution < 1.29 is 0 Å². The first kappa shape index (κ1) is 14.6. The van der Waals surface area contributed by atoms with Crippen LogP contribution in [0, 0.1) is 0 Å². The second kappa shape index (κ2) is 7.06. The minimum Gasteiger partial charge on any atom is -0.0843 e. The van der Waals surface area contributed by atoms with Gasteiger partial charge < -0.3 is 0 Å². The molecule has 0 bridgehead atoms. The number of benzene rings is 1. The molecule has 1 rings (SSSR count). The van der Waals surface area contributed by atoms with Crippen molar-refractivity contribution in [2.24, 2.45) is 0 Å². The van der Waals surface area contributed by atoms with E-state index in [0.717, 1.165) is 5.02 Å². The Labute approximate surface area is 111 Å². The summed E-state index contributed by atoms with van der Waals surface area (Å²) >= 11 is 6.09. The van der Waals surface area contributed by atoms with Crippen LogP contribution in [0.2, 0.25) is 5.02 Å². The van der Waals surface area contributed by atoms with Crippen molar-refractivity contribution in [2.45, 2.75) is 64.7 Å². The van der Waals surface area contributed by atoms with Gasteiger partial charge in [0.2, 0.25) is 0 Å². The van der Waals surface area contributed by atoms with E-state index in [2.05, 4.69) is 39.0 Å². The maximum Gasteiger partial charge on any atom is 0.0408 e. The van der Waals surface area contributed by atoms with E-state index in [9.17, 15) is 0 Å². The Hall–Kier alpha value is -0.490. The van der Waals surface area contributed by atoms with Crippen LogP contribution in [-0.2, 0) is 5.41 Å². The Morgan fingerprint density at radius 2 is 1.88 bits per heavy atom. The fourth-order valence-corrected chi connectivity index (χ4v) is 2.52. The molecule has 0 amide bonds. The van der Waals surface area contributed by atoms with Crippen molar-refractivity contribution in [3.05, 3.63) is 34.9 Å². The van der Waals surface area contributed by atoms with Gasteiger partial charge in [0.1, 0.15) is 0 Å². The molecule has 0 aromatic heterocycles. The minimum atomic E-state index is 0.290. The molecule has 1 heteroatoms. The molecule has 0 fully saturated rings. The highest BCUT2D eigenvalue weighted by Gasteiger charge is 2.23. The van der Waals surface area contributed by atoms with E-state index >= 15 is 0 Å². The van der Waals surface area contributed by atoms with Crippen LogP contribution in [0.4, 0.5) is 0 Å². The third-order valence-electron chi connectivity index (χ3n) is 3.88. The summed E-state index contributed by atoms with van der Waals surface area (Å²) in [5, 5.41) is 0.857. The molecule has 1 unspecified atom stereocenters. The van der Waals surface area contributed by atoms with Crippen molar-refractivity contribution >= 4 is 11.6 Å². The molecule has 0 aliphatic heterocycles. The lowest BCUT2D eigenvalue weighted by molar-refractivity contribution is 0.396. The topological polar surface area (TPSA) is 0 Å². The summed E-state index contributed by atoms with van der Waals surface area (Å²) in [5.41, 5.74) is 1.68. The van der Waals surface area contributed by atoms with Crippen molar-refractivity contribution in [3.8, 4) is 0 Å². The Morgan fingerprint density at radius 1 is 1.12 bits per heavy atom. The van der Waals surface area contributed by atoms with Gasteiger partial charge in [0.15, 0.2) is 0 Å². The molecule has 0 aliphatic carbocycles. The largest absolute Gasteiger partial charge is 0.0843 e. The van der Waals surface area contributed by atoms with Gasteiger partial charge >= 0.3 is 0 Å². The number of halogens is 1. The molecular weight excluding hydrogens is 228 g/mol. The standard InChI is InChI=1S/C16H25Cl/c1-4-6-7-8-12-16(3,5-2)14-10-9-11-15(17)13-14/h9-11,13H,4-8,12H2,1-3H3. The molecule has 0 heterocycles. The van der Waals surface area contributed by atoms with Crippen molar-refractivity contribution in [1.82, 2.24) is 0 Å². The first-order chi connectivity index (χ1) is 8.12. The monoisotopic (exact) mass is 252 g/mol. The second-order valence-corrected chi connectivity index (χ2v) is 5.67. The quantitative estimate of drug-likeness (QED) is 0.524. The normalized spacial score (nSPS) is 14.6. The summed E-state index contributed by atoms with van der Waals surface area (Å²) in [6.07, 6.45) is 7.79. The molecule has 0 nitrogen and oxygen atoms in total. The molecule has 0 radical (unpaired) electrons. The molecule has 1 atom stereocenters. The fourth-order valence-electron chi connectivity index (χ4n) is 2.33. The third kappa shape index (κ3) is 4.35. The van der Waals surface area contributed by atoms with Gasteiger partial charge in [-0.3, -0.25) is 0 Å². The summed E-state index contributed by atoms with van der Waals surface area (Å²) < 4.78 is 0. The maximum atomic E-state index is 6.09. The molecule has 0 spiro atoms. The zero-order valence-electron chi connectivity index (χ0n) is 11.4. The molecule has 1 aromatic rings. The molecular formula is C16H25Cl. The van der Waals surface area contributed by atoms with E-state index in [-0.39, 0.29) is 0 Å². The van der Waals surface area contributed by atoms with Crippen LogP contribution in [0.1, 0.15) is 64.9 Å². The highest BCUT2D eigenvalue weighted by Crippen LogP contribution is 2.34. The highest BCUT2D eigenvalue weighted by atomic mass is 35.5. The van der Waals surface area contributed by atoms with Gasteiger partial charge in [0.25, 0.3) is 0 Å². The Balaban J connectivity index is 2.67. The van der Waals surface area contributed by atoms with Crippen LogP contribution in [0.3, 0.4) is 0 Å². The number of hydrogen-bond donors (Lipinski definition) is 0. The van der Waals surface area contributed by atoms with E-state index in [1.165, 1.54) is 44.1 Å². The first-order valence-corrected chi connectivity index (χ1v) is 7.26. The van der Waals surface area contributed by atoms with Crippen LogP contribution < -0.4 is 0 Å². The minimum absolute atomic E-state index is 0.290. The second-order valence-electron chi connectivity index (χ2n) is 5.24. The van der Waals surface area contributed by atoms with Crippen molar-refractivity contribution in [2.75, 3.05) is 0 Å². The summed E-state index contributed by atoms with van der Waals surface area (Å²) in [6.45, 7) is 6.90. The predicted molar refractivity (Wildman–Crippen MR) is 77.9 cm³/mol. The van der Waals surface area contributed by atoms with E-state index in [1.807, 2.05) is 6.07 Å². The number of hydrogen-bond acceptors (Lipinski definition) is 0. The smallest absolute Gasteiger partial charge is 0.0408 e. The third-order valence-corrected chi connectivity index (χ3v) is 4.12. The Bertz CT molecular complexity index is 332. The average Bonchev–Trinajstić information content (AvgIpc) is 2.34. The van der Waals surface area contributed by atoms with Crippen LogP contribution >= 0.6 is 11.6 Å². The van der Waals surface area contributed by atoms with E-state index in [4.69, 9.17) is 11.6 Å². The van der Waals surface area contributed by atoms with Gasteiger partial charge in [-0.1, -0.05) is 70.2 Å². The zero-order valence-corrected chi connectivity index (χ0v) is 12.2. The van der Waals surface area contributed by atoms with Crippen LogP contribution in [0.25, 0.3) is 0 Å². The average molecular weight is 253 g/mol. The molecule has 0 saturated heterocycles. The number of rotatable bonds is 7. The first-order valence-electron chi connectivity index (χ1n) is 6.88. The van der Waals surface area contributed by atoms with Gasteiger partial charge in [0.05, 0.1) is 0 Å². The van der Waals surface area contributed by atoms with Crippen molar-refractivity contribution in [1.29, 1.82) is 0 Å². The van der Waals surface area contributed by atoms with Crippen molar-refractivity contribution in [3.63, 3.8) is 0 Å². The van der Waals surface area contributed by atoms with Gasteiger partial charge in [-0.15, -0.1) is 0 Å². The Kier molecular flexibility index (Phi) is 6.05. The SMILES string of the molecule is CCCCCCC(C)(CC)c1cccc(Cl)c1. The highest BCUT2D eigenvalue weighted by molar-refractivity contribution is 6.30. The van der Waals surface area contributed by atoms with E-state index < -0.39 is 0 Å². The fraction of sp³-hybridized carbons (Fsp3) is 0.625. The molecule has 0 aliphatic rings. The van der Waals surface area contributed by atoms with Gasteiger partial charge in [-0.25, -0.2) is 0 Å². The summed E-state index contributed by atoms with van der Waals surface area (Å²) in [7, 11) is 0. The van der Waals surface area contributed by atoms with E-state index in [0.29, 0.717) is 5.41 Å². The molecule has 0 saturated carbocycles. The molecule has 96 valence electrons. The van der Waals surface area contributed by atoms with Crippen LogP contribution in [0.15, 0.2) is 24.3 Å². The zero-order chi connectivity index (χ0) is 12.7. The summed E-state index contributed by atoms with van der Waals surface area (Å²) in [6, 6.07) is 8.37. The Morgan fingerprint density at radius 3 is 2.47 bits per heavy atom. The lowest BCUT2D eigenvalue weighted by Gasteiger charge is -2.29. The van der Waals surface area contributed by atoms with E-state index in [1.54, 1.807) is 0 Å². The molecule has 1 aromatic carbocycles. The molecule has 17 heavy (non-hydrogen) atoms. The summed E-state index contributed by atoms with van der Waals surface area (Å²) in [5.74, 6) is 0. The number of unbranched alkanes of at least 4 members (excludes halogenated alkanes) is 3. The van der Waals surface area contributed by atoms with Crippen LogP contribution in [-0.4, -0.2) is 0 Å². The molecule has 0 N–H and O–H groups in total. The van der Waals surface area contributed by atoms with Crippen LogP contribution in [0.5, 0.6) is 0 Å².